The van der Waals surface area contributed by atoms with E-state index in [0.717, 1.165) is 18.0 Å². The van der Waals surface area contributed by atoms with Crippen molar-refractivity contribution in [3.05, 3.63) is 34.3 Å². The Morgan fingerprint density at radius 1 is 1.25 bits per heavy atom. The van der Waals surface area contributed by atoms with Crippen molar-refractivity contribution in [3.63, 3.8) is 0 Å². The Labute approximate surface area is 131 Å². The van der Waals surface area contributed by atoms with Crippen LogP contribution in [-0.2, 0) is 0 Å². The zero-order chi connectivity index (χ0) is 13.9. The number of hydrogen-bond acceptors (Lipinski definition) is 2. The van der Waals surface area contributed by atoms with Crippen LogP contribution in [-0.4, -0.2) is 36.6 Å². The summed E-state index contributed by atoms with van der Waals surface area (Å²) in [5, 5.41) is 3.79. The van der Waals surface area contributed by atoms with Crippen molar-refractivity contribution < 1.29 is 0 Å². The Hall–Kier alpha value is -0.380. The Balaban J connectivity index is 1.41. The second kappa shape index (κ2) is 6.59. The molecule has 1 saturated heterocycles. The summed E-state index contributed by atoms with van der Waals surface area (Å²) in [5.74, 6) is 0.770. The van der Waals surface area contributed by atoms with Crippen molar-refractivity contribution in [1.82, 2.24) is 10.2 Å². The molecule has 0 spiro atoms. The molecule has 1 unspecified atom stereocenters. The third kappa shape index (κ3) is 3.26. The van der Waals surface area contributed by atoms with Crippen LogP contribution in [0.25, 0.3) is 0 Å². The Morgan fingerprint density at radius 3 is 2.70 bits per heavy atom. The maximum atomic E-state index is 3.79. The molecule has 2 aliphatic rings. The van der Waals surface area contributed by atoms with Gasteiger partial charge in [-0.2, -0.15) is 0 Å². The van der Waals surface area contributed by atoms with Crippen molar-refractivity contribution in [2.75, 3.05) is 19.6 Å². The third-order valence-electron chi connectivity index (χ3n) is 5.03. The van der Waals surface area contributed by atoms with Gasteiger partial charge in [0.25, 0.3) is 0 Å². The first kappa shape index (κ1) is 14.6. The number of nitrogens with one attached hydrogen (secondary N) is 1. The van der Waals surface area contributed by atoms with Gasteiger partial charge >= 0.3 is 0 Å². The molecule has 3 rings (SSSR count). The van der Waals surface area contributed by atoms with Crippen LogP contribution < -0.4 is 5.32 Å². The van der Waals surface area contributed by atoms with Crippen molar-refractivity contribution >= 4 is 15.9 Å². The molecular weight excluding hydrogens is 312 g/mol. The fourth-order valence-electron chi connectivity index (χ4n) is 3.64. The molecule has 1 atom stereocenters. The van der Waals surface area contributed by atoms with Gasteiger partial charge in [0, 0.05) is 23.1 Å². The number of rotatable bonds is 5. The molecule has 1 aliphatic heterocycles. The Morgan fingerprint density at radius 2 is 2.00 bits per heavy atom. The molecule has 0 bridgehead atoms. The second-order valence-electron chi connectivity index (χ2n) is 6.25. The number of likely N-dealkylation sites (N-methyl/N-ethyl adjacent to an activating group) is 1. The summed E-state index contributed by atoms with van der Waals surface area (Å²) in [6.45, 7) is 5.98. The van der Waals surface area contributed by atoms with E-state index in [1.165, 1.54) is 55.4 Å². The summed E-state index contributed by atoms with van der Waals surface area (Å²) in [6.07, 6.45) is 5.37. The molecule has 1 aliphatic carbocycles. The average Bonchev–Trinajstić information content (AvgIpc) is 2.86. The molecule has 20 heavy (non-hydrogen) atoms. The molecule has 1 heterocycles. The van der Waals surface area contributed by atoms with E-state index in [4.69, 9.17) is 0 Å². The van der Waals surface area contributed by atoms with Gasteiger partial charge in [-0.1, -0.05) is 35.0 Å². The van der Waals surface area contributed by atoms with Gasteiger partial charge in [0.1, 0.15) is 0 Å². The maximum absolute atomic E-state index is 3.79. The van der Waals surface area contributed by atoms with E-state index in [2.05, 4.69) is 57.3 Å². The molecule has 110 valence electrons. The minimum atomic E-state index is 0.739. The SMILES string of the molecule is CCN1CCCC1CNC1CC(c2ccc(Br)cc2)C1. The minimum absolute atomic E-state index is 0.739. The van der Waals surface area contributed by atoms with Gasteiger partial charge in [-0.15, -0.1) is 0 Å². The lowest BCUT2D eigenvalue weighted by Gasteiger charge is -2.37. The zero-order valence-corrected chi connectivity index (χ0v) is 13.9. The van der Waals surface area contributed by atoms with Crippen LogP contribution in [0.5, 0.6) is 0 Å². The highest BCUT2D eigenvalue weighted by Gasteiger charge is 2.31. The lowest BCUT2D eigenvalue weighted by atomic mass is 9.76. The van der Waals surface area contributed by atoms with Crippen LogP contribution >= 0.6 is 15.9 Å². The second-order valence-corrected chi connectivity index (χ2v) is 7.17. The smallest absolute Gasteiger partial charge is 0.0221 e. The van der Waals surface area contributed by atoms with Crippen LogP contribution in [0.1, 0.15) is 44.1 Å². The fraction of sp³-hybridized carbons (Fsp3) is 0.647. The van der Waals surface area contributed by atoms with Crippen molar-refractivity contribution in [2.45, 2.75) is 50.6 Å². The van der Waals surface area contributed by atoms with Gasteiger partial charge in [-0.3, -0.25) is 4.90 Å². The van der Waals surface area contributed by atoms with Gasteiger partial charge in [-0.05, 0) is 62.4 Å². The van der Waals surface area contributed by atoms with Gasteiger partial charge in [0.2, 0.25) is 0 Å². The van der Waals surface area contributed by atoms with Crippen molar-refractivity contribution in [3.8, 4) is 0 Å². The highest BCUT2D eigenvalue weighted by Crippen LogP contribution is 2.37. The normalized spacial score (nSPS) is 30.4. The molecule has 2 nitrogen and oxygen atoms in total. The molecule has 1 saturated carbocycles. The summed E-state index contributed by atoms with van der Waals surface area (Å²) in [6, 6.07) is 10.4. The van der Waals surface area contributed by atoms with E-state index in [-0.39, 0.29) is 0 Å². The van der Waals surface area contributed by atoms with E-state index in [9.17, 15) is 0 Å². The average molecular weight is 337 g/mol. The molecule has 0 amide bonds. The predicted octanol–water partition coefficient (Wildman–Crippen LogP) is 3.77. The zero-order valence-electron chi connectivity index (χ0n) is 12.3. The first-order valence-electron chi connectivity index (χ1n) is 7.99. The summed E-state index contributed by atoms with van der Waals surface area (Å²) in [7, 11) is 0. The van der Waals surface area contributed by atoms with E-state index in [1.54, 1.807) is 0 Å². The van der Waals surface area contributed by atoms with Crippen LogP contribution in [0.3, 0.4) is 0 Å². The Bertz CT molecular complexity index is 425. The number of halogens is 1. The van der Waals surface area contributed by atoms with Gasteiger partial charge in [0.15, 0.2) is 0 Å². The van der Waals surface area contributed by atoms with Crippen LogP contribution in [0.15, 0.2) is 28.7 Å². The highest BCUT2D eigenvalue weighted by molar-refractivity contribution is 9.10. The lowest BCUT2D eigenvalue weighted by molar-refractivity contribution is 0.225. The predicted molar refractivity (Wildman–Crippen MR) is 88.2 cm³/mol. The molecule has 2 fully saturated rings. The molecule has 0 aromatic heterocycles. The third-order valence-corrected chi connectivity index (χ3v) is 5.56. The van der Waals surface area contributed by atoms with Gasteiger partial charge in [0.05, 0.1) is 0 Å². The standard InChI is InChI=1S/C17H25BrN2/c1-2-20-9-3-4-17(20)12-19-16-10-14(11-16)13-5-7-15(18)8-6-13/h5-8,14,16-17,19H,2-4,9-12H2,1H3. The van der Waals surface area contributed by atoms with E-state index in [0.29, 0.717) is 0 Å². The minimum Gasteiger partial charge on any atom is -0.312 e. The summed E-state index contributed by atoms with van der Waals surface area (Å²) >= 11 is 3.50. The largest absolute Gasteiger partial charge is 0.312 e. The van der Waals surface area contributed by atoms with Crippen LogP contribution in [0, 0.1) is 0 Å². The van der Waals surface area contributed by atoms with Gasteiger partial charge < -0.3 is 5.32 Å². The van der Waals surface area contributed by atoms with E-state index < -0.39 is 0 Å². The molecule has 1 aromatic rings. The summed E-state index contributed by atoms with van der Waals surface area (Å²) in [4.78, 5) is 2.62. The summed E-state index contributed by atoms with van der Waals surface area (Å²) in [5.41, 5.74) is 1.50. The number of benzene rings is 1. The van der Waals surface area contributed by atoms with Gasteiger partial charge in [-0.25, -0.2) is 0 Å². The van der Waals surface area contributed by atoms with E-state index >= 15 is 0 Å². The highest BCUT2D eigenvalue weighted by atomic mass is 79.9. The lowest BCUT2D eigenvalue weighted by Crippen LogP contribution is -2.46. The first-order chi connectivity index (χ1) is 9.76. The topological polar surface area (TPSA) is 15.3 Å². The molecule has 1 aromatic carbocycles. The van der Waals surface area contributed by atoms with Crippen molar-refractivity contribution in [1.29, 1.82) is 0 Å². The van der Waals surface area contributed by atoms with E-state index in [1.807, 2.05) is 0 Å². The number of hydrogen-bond donors (Lipinski definition) is 1. The monoisotopic (exact) mass is 336 g/mol. The summed E-state index contributed by atoms with van der Waals surface area (Å²) < 4.78 is 1.18. The first-order valence-corrected chi connectivity index (χ1v) is 8.78. The van der Waals surface area contributed by atoms with Crippen LogP contribution in [0.4, 0.5) is 0 Å². The van der Waals surface area contributed by atoms with Crippen LogP contribution in [0.2, 0.25) is 0 Å². The fourth-order valence-corrected chi connectivity index (χ4v) is 3.90. The Kier molecular flexibility index (Phi) is 4.79. The number of likely N-dealkylation sites (tertiary alicyclic amines) is 1. The quantitative estimate of drug-likeness (QED) is 0.880. The molecule has 0 radical (unpaired) electrons. The number of nitrogens with zero attached hydrogens (tertiary/aromatic N) is 1. The van der Waals surface area contributed by atoms with Crippen molar-refractivity contribution in [2.24, 2.45) is 0 Å². The maximum Gasteiger partial charge on any atom is 0.0221 e. The molecule has 1 N–H and O–H groups in total. The molecule has 3 heteroatoms. The molecular formula is C17H25BrN2.